The quantitative estimate of drug-likeness (QED) is 0.670. The average Bonchev–Trinajstić information content (AvgIpc) is 2.76. The average molecular weight is 491 g/mol. The number of aliphatic hydroxyl groups is 1. The molecule has 0 saturated heterocycles. The molecule has 0 bridgehead atoms. The number of rotatable bonds is 5. The van der Waals surface area contributed by atoms with Crippen molar-refractivity contribution in [2.75, 3.05) is 32.1 Å². The fourth-order valence-corrected chi connectivity index (χ4v) is 3.72. The Balaban J connectivity index is 1.83. The number of likely N-dealkylation sites (N-methyl/N-ethyl adjacent to an activating group) is 1. The van der Waals surface area contributed by atoms with E-state index in [9.17, 15) is 14.7 Å². The number of halogens is 1. The van der Waals surface area contributed by atoms with Crippen molar-refractivity contribution in [2.24, 2.45) is 5.92 Å². The monoisotopic (exact) mass is 490 g/mol. The van der Waals surface area contributed by atoms with Gasteiger partial charge in [0.25, 0.3) is 5.91 Å². The summed E-state index contributed by atoms with van der Waals surface area (Å²) in [5, 5.41) is 12.5. The Morgan fingerprint density at radius 2 is 2.13 bits per heavy atom. The van der Waals surface area contributed by atoms with Gasteiger partial charge in [0.05, 0.1) is 19.2 Å². The molecule has 3 rings (SSSR count). The molecule has 1 aliphatic rings. The molecule has 2 aromatic rings. The number of carbonyl (C=O) groups is 2. The highest BCUT2D eigenvalue weighted by atomic mass is 79.9. The van der Waals surface area contributed by atoms with Crippen molar-refractivity contribution in [3.8, 4) is 5.88 Å². The fraction of sp³-hybridized carbons (Fsp3) is 0.409. The number of aliphatic hydroxyl groups excluding tert-OH is 1. The number of ether oxygens (including phenoxy) is 1. The summed E-state index contributed by atoms with van der Waals surface area (Å²) < 4.78 is 6.80. The number of para-hydroxylation sites is 1. The van der Waals surface area contributed by atoms with Crippen LogP contribution in [-0.4, -0.2) is 70.7 Å². The van der Waals surface area contributed by atoms with E-state index in [0.717, 1.165) is 0 Å². The molecule has 1 aliphatic heterocycles. The molecular formula is C22H27BrN4O4. The number of urea groups is 1. The van der Waals surface area contributed by atoms with Gasteiger partial charge in [0.15, 0.2) is 0 Å². The Kier molecular flexibility index (Phi) is 7.50. The van der Waals surface area contributed by atoms with Crippen LogP contribution in [0.3, 0.4) is 0 Å². The standard InChI is InChI=1S/C22H27BrN4O4/c1-14-11-27(15(2)13-28)21(29)18-9-16(23)10-24-20(18)31-19(14)12-26(3)22(30)25-17-7-5-4-6-8-17/h4-10,14-15,19,28H,11-13H2,1-3H3,(H,25,30)/t14-,15+,19-/m1/s1. The highest BCUT2D eigenvalue weighted by Gasteiger charge is 2.34. The number of pyridine rings is 1. The molecule has 0 spiro atoms. The minimum atomic E-state index is -0.402. The van der Waals surface area contributed by atoms with Crippen LogP contribution < -0.4 is 10.1 Å². The van der Waals surface area contributed by atoms with Crippen LogP contribution in [0, 0.1) is 5.92 Å². The van der Waals surface area contributed by atoms with Gasteiger partial charge in [-0.3, -0.25) is 4.79 Å². The third kappa shape index (κ3) is 5.54. The molecule has 3 atom stereocenters. The Labute approximate surface area is 190 Å². The number of benzene rings is 1. The van der Waals surface area contributed by atoms with Crippen LogP contribution in [0.4, 0.5) is 10.5 Å². The van der Waals surface area contributed by atoms with Crippen molar-refractivity contribution in [1.29, 1.82) is 0 Å². The zero-order valence-electron chi connectivity index (χ0n) is 17.8. The van der Waals surface area contributed by atoms with Crippen molar-refractivity contribution in [1.82, 2.24) is 14.8 Å². The van der Waals surface area contributed by atoms with Gasteiger partial charge in [-0.1, -0.05) is 25.1 Å². The topological polar surface area (TPSA) is 95.0 Å². The highest BCUT2D eigenvalue weighted by molar-refractivity contribution is 9.10. The van der Waals surface area contributed by atoms with E-state index < -0.39 is 6.10 Å². The van der Waals surface area contributed by atoms with Crippen molar-refractivity contribution in [3.63, 3.8) is 0 Å². The summed E-state index contributed by atoms with van der Waals surface area (Å²) in [5.74, 6) is -0.133. The van der Waals surface area contributed by atoms with Crippen LogP contribution in [0.1, 0.15) is 24.2 Å². The molecule has 0 saturated carbocycles. The first-order valence-electron chi connectivity index (χ1n) is 10.1. The third-order valence-corrected chi connectivity index (χ3v) is 5.75. The Morgan fingerprint density at radius 3 is 2.81 bits per heavy atom. The van der Waals surface area contributed by atoms with Gasteiger partial charge in [-0.25, -0.2) is 9.78 Å². The number of hydrogen-bond acceptors (Lipinski definition) is 5. The number of hydrogen-bond donors (Lipinski definition) is 2. The number of fused-ring (bicyclic) bond motifs is 1. The highest BCUT2D eigenvalue weighted by Crippen LogP contribution is 2.28. The third-order valence-electron chi connectivity index (χ3n) is 5.31. The predicted octanol–water partition coefficient (Wildman–Crippen LogP) is 3.23. The molecule has 0 unspecified atom stereocenters. The number of carbonyl (C=O) groups excluding carboxylic acids is 2. The minimum absolute atomic E-state index is 0.108. The van der Waals surface area contributed by atoms with Gasteiger partial charge in [-0.15, -0.1) is 0 Å². The second kappa shape index (κ2) is 10.1. The molecule has 0 radical (unpaired) electrons. The van der Waals surface area contributed by atoms with Crippen LogP contribution in [-0.2, 0) is 0 Å². The first-order valence-corrected chi connectivity index (χ1v) is 10.9. The lowest BCUT2D eigenvalue weighted by atomic mass is 10.0. The number of nitrogens with one attached hydrogen (secondary N) is 1. The normalized spacial score (nSPS) is 19.5. The van der Waals surface area contributed by atoms with Gasteiger partial charge in [0.1, 0.15) is 11.7 Å². The fourth-order valence-electron chi connectivity index (χ4n) is 3.39. The summed E-state index contributed by atoms with van der Waals surface area (Å²) in [4.78, 5) is 33.3. The van der Waals surface area contributed by atoms with E-state index in [1.165, 1.54) is 0 Å². The molecule has 0 fully saturated rings. The predicted molar refractivity (Wildman–Crippen MR) is 121 cm³/mol. The lowest BCUT2D eigenvalue weighted by molar-refractivity contribution is 0.0356. The van der Waals surface area contributed by atoms with E-state index in [1.807, 2.05) is 37.3 Å². The van der Waals surface area contributed by atoms with E-state index in [4.69, 9.17) is 4.74 Å². The molecule has 1 aromatic carbocycles. The van der Waals surface area contributed by atoms with Crippen molar-refractivity contribution in [2.45, 2.75) is 26.0 Å². The van der Waals surface area contributed by atoms with Gasteiger partial charge in [-0.05, 0) is 41.1 Å². The molecule has 8 nitrogen and oxygen atoms in total. The van der Waals surface area contributed by atoms with Crippen LogP contribution in [0.25, 0.3) is 0 Å². The Morgan fingerprint density at radius 1 is 1.42 bits per heavy atom. The van der Waals surface area contributed by atoms with Crippen LogP contribution in [0.5, 0.6) is 5.88 Å². The summed E-state index contributed by atoms with van der Waals surface area (Å²) in [7, 11) is 1.70. The van der Waals surface area contributed by atoms with Gasteiger partial charge >= 0.3 is 6.03 Å². The zero-order chi connectivity index (χ0) is 22.5. The minimum Gasteiger partial charge on any atom is -0.472 e. The van der Waals surface area contributed by atoms with E-state index in [0.29, 0.717) is 28.8 Å². The van der Waals surface area contributed by atoms with Gasteiger partial charge in [0.2, 0.25) is 5.88 Å². The first-order chi connectivity index (χ1) is 14.8. The smallest absolute Gasteiger partial charge is 0.321 e. The van der Waals surface area contributed by atoms with Gasteiger partial charge in [-0.2, -0.15) is 0 Å². The zero-order valence-corrected chi connectivity index (χ0v) is 19.4. The van der Waals surface area contributed by atoms with Gasteiger partial charge < -0.3 is 25.0 Å². The van der Waals surface area contributed by atoms with Crippen LogP contribution in [0.2, 0.25) is 0 Å². The number of nitrogens with zero attached hydrogens (tertiary/aromatic N) is 3. The number of amides is 3. The molecule has 3 amide bonds. The van der Waals surface area contributed by atoms with Crippen molar-refractivity contribution in [3.05, 3.63) is 52.6 Å². The molecular weight excluding hydrogens is 464 g/mol. The maximum Gasteiger partial charge on any atom is 0.321 e. The molecule has 31 heavy (non-hydrogen) atoms. The SMILES string of the molecule is C[C@@H]1CN([C@@H](C)CO)C(=O)c2cc(Br)cnc2O[C@@H]1CN(C)C(=O)Nc1ccccc1. The Hall–Kier alpha value is -2.65. The van der Waals surface area contributed by atoms with E-state index >= 15 is 0 Å². The Bertz CT molecular complexity index is 927. The summed E-state index contributed by atoms with van der Waals surface area (Å²) >= 11 is 3.36. The molecule has 9 heteroatoms. The summed E-state index contributed by atoms with van der Waals surface area (Å²) in [6.07, 6.45) is 1.17. The summed E-state index contributed by atoms with van der Waals surface area (Å²) in [6.45, 7) is 4.28. The molecule has 1 aromatic heterocycles. The second-order valence-electron chi connectivity index (χ2n) is 7.81. The van der Waals surface area contributed by atoms with Crippen molar-refractivity contribution >= 4 is 33.6 Å². The second-order valence-corrected chi connectivity index (χ2v) is 8.72. The molecule has 2 heterocycles. The maximum atomic E-state index is 13.1. The summed E-state index contributed by atoms with van der Waals surface area (Å²) in [5.41, 5.74) is 1.03. The molecule has 166 valence electrons. The lowest BCUT2D eigenvalue weighted by Crippen LogP contribution is -2.50. The first kappa shape index (κ1) is 23.0. The number of aromatic nitrogens is 1. The maximum absolute atomic E-state index is 13.1. The molecule has 2 N–H and O–H groups in total. The summed E-state index contributed by atoms with van der Waals surface area (Å²) in [6, 6.07) is 10.3. The van der Waals surface area contributed by atoms with Crippen LogP contribution in [0.15, 0.2) is 47.1 Å². The van der Waals surface area contributed by atoms with Gasteiger partial charge in [0, 0.05) is 35.9 Å². The lowest BCUT2D eigenvalue weighted by Gasteiger charge is -2.37. The largest absolute Gasteiger partial charge is 0.472 e. The van der Waals surface area contributed by atoms with Crippen LogP contribution >= 0.6 is 15.9 Å². The molecule has 0 aliphatic carbocycles. The van der Waals surface area contributed by atoms with E-state index in [1.54, 1.807) is 36.0 Å². The van der Waals surface area contributed by atoms with E-state index in [-0.39, 0.29) is 36.4 Å². The van der Waals surface area contributed by atoms with Crippen molar-refractivity contribution < 1.29 is 19.4 Å². The van der Waals surface area contributed by atoms with E-state index in [2.05, 4.69) is 26.2 Å². The number of anilines is 1.